The van der Waals surface area contributed by atoms with Crippen LogP contribution in [-0.4, -0.2) is 4.57 Å². The van der Waals surface area contributed by atoms with Crippen molar-refractivity contribution in [2.45, 2.75) is 19.3 Å². The maximum Gasteiger partial charge on any atom is 0.0541 e. The third kappa shape index (κ3) is 6.69. The van der Waals surface area contributed by atoms with Gasteiger partial charge in [-0.25, -0.2) is 0 Å². The number of rotatable bonds is 8. The molecule has 1 aliphatic rings. The number of hydrogen-bond acceptors (Lipinski definition) is 1. The van der Waals surface area contributed by atoms with Gasteiger partial charge in [-0.1, -0.05) is 173 Å². The maximum absolute atomic E-state index is 3.91. The van der Waals surface area contributed by atoms with Crippen molar-refractivity contribution in [1.82, 2.24) is 4.57 Å². The molecule has 0 fully saturated rings. The van der Waals surface area contributed by atoms with Crippen molar-refractivity contribution < 1.29 is 0 Å². The van der Waals surface area contributed by atoms with Crippen LogP contribution in [0.25, 0.3) is 66.9 Å². The summed E-state index contributed by atoms with van der Waals surface area (Å²) in [7, 11) is 0. The average Bonchev–Trinajstić information content (AvgIpc) is 3.75. The van der Waals surface area contributed by atoms with Crippen LogP contribution in [0.2, 0.25) is 0 Å². The largest absolute Gasteiger partial charge is 0.310 e. The van der Waals surface area contributed by atoms with Crippen LogP contribution < -0.4 is 4.90 Å². The summed E-state index contributed by atoms with van der Waals surface area (Å²) in [6.07, 6.45) is 5.16. The summed E-state index contributed by atoms with van der Waals surface area (Å²) < 4.78 is 2.37. The Morgan fingerprint density at radius 1 is 0.441 bits per heavy atom. The van der Waals surface area contributed by atoms with E-state index in [0.29, 0.717) is 0 Å². The second-order valence-electron chi connectivity index (χ2n) is 15.5. The molecule has 0 saturated carbocycles. The van der Waals surface area contributed by atoms with Gasteiger partial charge in [-0.05, 0) is 117 Å². The number of fused-ring (bicyclic) bond motifs is 6. The van der Waals surface area contributed by atoms with Crippen molar-refractivity contribution in [3.63, 3.8) is 0 Å². The van der Waals surface area contributed by atoms with Gasteiger partial charge in [0.25, 0.3) is 0 Å². The van der Waals surface area contributed by atoms with Gasteiger partial charge in [-0.2, -0.15) is 0 Å². The van der Waals surface area contributed by atoms with Crippen molar-refractivity contribution >= 4 is 44.9 Å². The molecule has 0 radical (unpaired) electrons. The third-order valence-electron chi connectivity index (χ3n) is 11.7. The van der Waals surface area contributed by atoms with Gasteiger partial charge in [-0.3, -0.25) is 0 Å². The number of aromatic nitrogens is 1. The normalized spacial score (nSPS) is 12.2. The minimum atomic E-state index is -0.0960. The molecule has 10 rings (SSSR count). The lowest BCUT2D eigenvalue weighted by atomic mass is 9.82. The van der Waals surface area contributed by atoms with Crippen molar-refractivity contribution in [3.05, 3.63) is 237 Å². The summed E-state index contributed by atoms with van der Waals surface area (Å²) in [4.78, 5) is 2.39. The summed E-state index contributed by atoms with van der Waals surface area (Å²) >= 11 is 0. The first-order valence-corrected chi connectivity index (χ1v) is 20.2. The fraction of sp³-hybridized carbons (Fsp3) is 0.0526. The van der Waals surface area contributed by atoms with E-state index in [-0.39, 0.29) is 5.41 Å². The highest BCUT2D eigenvalue weighted by atomic mass is 15.1. The van der Waals surface area contributed by atoms with Crippen LogP contribution in [0.4, 0.5) is 17.1 Å². The number of benzene rings is 8. The summed E-state index contributed by atoms with van der Waals surface area (Å²) in [5.41, 5.74) is 18.1. The summed E-state index contributed by atoms with van der Waals surface area (Å²) in [5.74, 6) is 0. The van der Waals surface area contributed by atoms with Crippen molar-refractivity contribution in [3.8, 4) is 39.1 Å². The van der Waals surface area contributed by atoms with E-state index in [2.05, 4.69) is 231 Å². The molecule has 2 nitrogen and oxygen atoms in total. The molecule has 59 heavy (non-hydrogen) atoms. The first-order chi connectivity index (χ1) is 28.9. The molecule has 284 valence electrons. The molecule has 8 aromatic carbocycles. The topological polar surface area (TPSA) is 8.17 Å². The predicted octanol–water partition coefficient (Wildman–Crippen LogP) is 15.9. The zero-order chi connectivity index (χ0) is 40.5. The summed E-state index contributed by atoms with van der Waals surface area (Å²) in [5, 5.41) is 2.51. The Kier molecular flexibility index (Phi) is 9.76. The highest BCUT2D eigenvalue weighted by Gasteiger charge is 2.35. The molecule has 0 spiro atoms. The lowest BCUT2D eigenvalue weighted by molar-refractivity contribution is 0.660. The number of allylic oxidation sites excluding steroid dienone is 2. The fourth-order valence-corrected chi connectivity index (χ4v) is 8.70. The molecule has 1 aliphatic carbocycles. The molecule has 0 amide bonds. The smallest absolute Gasteiger partial charge is 0.0541 e. The second kappa shape index (κ2) is 15.5. The van der Waals surface area contributed by atoms with Gasteiger partial charge in [0.05, 0.1) is 11.0 Å². The molecule has 0 N–H and O–H groups in total. The molecule has 1 aromatic heterocycles. The van der Waals surface area contributed by atoms with E-state index in [1.54, 1.807) is 12.2 Å². The van der Waals surface area contributed by atoms with Crippen molar-refractivity contribution in [2.24, 2.45) is 0 Å². The quantitative estimate of drug-likeness (QED) is 0.140. The molecule has 2 heteroatoms. The Morgan fingerprint density at radius 2 is 0.966 bits per heavy atom. The molecule has 1 heterocycles. The molecule has 0 aliphatic heterocycles. The highest BCUT2D eigenvalue weighted by molar-refractivity contribution is 6.10. The summed E-state index contributed by atoms with van der Waals surface area (Å²) in [6, 6.07) is 68.7. The van der Waals surface area contributed by atoms with Gasteiger partial charge in [0.2, 0.25) is 0 Å². The van der Waals surface area contributed by atoms with E-state index in [0.717, 1.165) is 22.6 Å². The highest BCUT2D eigenvalue weighted by Crippen LogP contribution is 2.50. The molecular formula is C57H46N2. The Bertz CT molecular complexity index is 2980. The fourth-order valence-electron chi connectivity index (χ4n) is 8.70. The first-order valence-electron chi connectivity index (χ1n) is 20.2. The van der Waals surface area contributed by atoms with Crippen LogP contribution in [0.3, 0.4) is 0 Å². The number of anilines is 3. The molecule has 0 bridgehead atoms. The maximum atomic E-state index is 3.91. The Morgan fingerprint density at radius 3 is 1.63 bits per heavy atom. The molecule has 0 atom stereocenters. The SMILES string of the molecule is C=CC=C.C=Cc1ccc(-c2ccc(N(c3ccc(-c4ccc5c(c4)c4ccccc4n5-c4ccccc4)cc3)c3ccc4c(c3)C(C)(C)c3ccccc3-4)cc2)cc1. The third-order valence-corrected chi connectivity index (χ3v) is 11.7. The van der Waals surface area contributed by atoms with E-state index in [1.165, 1.54) is 72.0 Å². The molecular weight excluding hydrogens is 713 g/mol. The van der Waals surface area contributed by atoms with E-state index < -0.39 is 0 Å². The zero-order valence-corrected chi connectivity index (χ0v) is 33.6. The number of nitrogens with zero attached hydrogens (tertiary/aromatic N) is 2. The van der Waals surface area contributed by atoms with Crippen molar-refractivity contribution in [1.29, 1.82) is 0 Å². The van der Waals surface area contributed by atoms with Crippen LogP contribution in [0.1, 0.15) is 30.5 Å². The molecule has 9 aromatic rings. The average molecular weight is 759 g/mol. The van der Waals surface area contributed by atoms with E-state index in [4.69, 9.17) is 0 Å². The van der Waals surface area contributed by atoms with Gasteiger partial charge in [0, 0.05) is 38.9 Å². The van der Waals surface area contributed by atoms with Crippen LogP contribution in [-0.2, 0) is 5.41 Å². The van der Waals surface area contributed by atoms with Crippen LogP contribution in [0.15, 0.2) is 220 Å². The van der Waals surface area contributed by atoms with Gasteiger partial charge >= 0.3 is 0 Å². The minimum Gasteiger partial charge on any atom is -0.310 e. The summed E-state index contributed by atoms with van der Waals surface area (Å²) in [6.45, 7) is 15.3. The van der Waals surface area contributed by atoms with Crippen molar-refractivity contribution in [2.75, 3.05) is 4.90 Å². The Labute approximate surface area is 348 Å². The lowest BCUT2D eigenvalue weighted by Gasteiger charge is -2.28. The first kappa shape index (κ1) is 37.2. The van der Waals surface area contributed by atoms with Gasteiger partial charge in [-0.15, -0.1) is 0 Å². The number of hydrogen-bond donors (Lipinski definition) is 0. The predicted molar refractivity (Wildman–Crippen MR) is 254 cm³/mol. The van der Waals surface area contributed by atoms with E-state index in [1.807, 2.05) is 6.08 Å². The van der Waals surface area contributed by atoms with Gasteiger partial charge in [0.1, 0.15) is 0 Å². The monoisotopic (exact) mass is 758 g/mol. The lowest BCUT2D eigenvalue weighted by Crippen LogP contribution is -2.16. The van der Waals surface area contributed by atoms with Crippen LogP contribution in [0.5, 0.6) is 0 Å². The Hall–Kier alpha value is -7.42. The van der Waals surface area contributed by atoms with E-state index in [9.17, 15) is 0 Å². The second-order valence-corrected chi connectivity index (χ2v) is 15.5. The van der Waals surface area contributed by atoms with Gasteiger partial charge < -0.3 is 9.47 Å². The van der Waals surface area contributed by atoms with E-state index >= 15 is 0 Å². The van der Waals surface area contributed by atoms with Gasteiger partial charge in [0.15, 0.2) is 0 Å². The standard InChI is InChI=1S/C53H40N2.C4H6/c1-4-36-18-20-37(21-19-36)38-22-27-42(28-23-38)54(44-31-32-46-45-14-8-10-16-49(45)53(2,3)50(46)35-44)43-29-24-39(25-30-43)40-26-33-52-48(34-40)47-15-9-11-17-51(47)55(52)41-12-6-5-7-13-41;1-3-4-2/h4-35H,1H2,2-3H3;3-4H,1-2H2. The van der Waals surface area contributed by atoms with Crippen LogP contribution in [0, 0.1) is 0 Å². The molecule has 0 saturated heterocycles. The molecule has 0 unspecified atom stereocenters. The zero-order valence-electron chi connectivity index (χ0n) is 33.6. The number of para-hydroxylation sites is 2. The Balaban J connectivity index is 0.00000108. The van der Waals surface area contributed by atoms with Crippen LogP contribution >= 0.6 is 0 Å². The minimum absolute atomic E-state index is 0.0960.